The Labute approximate surface area is 490 Å². The van der Waals surface area contributed by atoms with E-state index >= 15 is 87.8 Å². The number of aromatic amines is 1. The molecule has 0 atom stereocenters. The summed E-state index contributed by atoms with van der Waals surface area (Å²) in [4.78, 5) is 42.7. The Morgan fingerprint density at radius 1 is 0.250 bits per heavy atom. The van der Waals surface area contributed by atoms with Crippen LogP contribution in [0.5, 0.6) is 0 Å². The number of nitrogens with one attached hydrogen (secondary N) is 3. The molecule has 6 aliphatic heterocycles. The van der Waals surface area contributed by atoms with Crippen molar-refractivity contribution in [3.05, 3.63) is 279 Å². The van der Waals surface area contributed by atoms with Crippen LogP contribution in [0.25, 0.3) is 33.6 Å². The van der Waals surface area contributed by atoms with Gasteiger partial charge in [0.1, 0.15) is 0 Å². The number of hydrogen-bond donors (Lipinski definition) is 3. The molecule has 92 heavy (non-hydrogen) atoms. The van der Waals surface area contributed by atoms with Crippen molar-refractivity contribution in [1.29, 1.82) is 0 Å². The van der Waals surface area contributed by atoms with Gasteiger partial charge in [0.05, 0.1) is 89.9 Å². The van der Waals surface area contributed by atoms with Crippen LogP contribution in [0, 0.1) is 145 Å². The quantitative estimate of drug-likeness (QED) is 0.0908. The van der Waals surface area contributed by atoms with Crippen molar-refractivity contribution >= 4 is 62.5 Å². The van der Waals surface area contributed by atoms with Gasteiger partial charge in [-0.2, -0.15) is 0 Å². The van der Waals surface area contributed by atoms with E-state index in [9.17, 15) is 31.5 Å². The molecule has 0 aliphatic carbocycles. The minimum atomic E-state index is -2.92. The smallest absolute Gasteiger partial charge is 0.256 e. The zero-order valence-electron chi connectivity index (χ0n) is 43.4. The number of carbonyl (C=O) groups excluding carboxylic acids is 2. The van der Waals surface area contributed by atoms with E-state index in [-0.39, 0.29) is 12.2 Å². The summed E-state index contributed by atoms with van der Waals surface area (Å²) in [6.07, 6.45) is 3.04. The predicted molar refractivity (Wildman–Crippen MR) is 267 cm³/mol. The summed E-state index contributed by atoms with van der Waals surface area (Å²) >= 11 is 0. The standard InChI is InChI=1S/C59H13F25N6O2/c60-33-28(34(61)44(71)53(80)43(33)70)23-11-9-22(90-58(11)91)27(32-41(68)51(78)57(84)52(79)42(32)69)20-8-7-18(88-20)25(30-37(64)47(74)55(82)48(75)38(30)65)17-6-5-16(87-17)24(29-35(62)45(72)54(81)46(73)36(29)63)12-10-21(89-59(12)92)26(31-39(66)49(76)56(83)50(77)40(31)67)19-4-2-14(86-19)13-1-3-15(23)85-13/h1-10,86H,(H,89,92)(H,90,91). The highest BCUT2D eigenvalue weighted by Gasteiger charge is 2.42. The van der Waals surface area contributed by atoms with Crippen LogP contribution < -0.4 is 21.3 Å². The van der Waals surface area contributed by atoms with Crippen molar-refractivity contribution in [3.8, 4) is 0 Å². The summed E-state index contributed by atoms with van der Waals surface area (Å²) in [5.74, 6) is -74.5. The first-order valence-electron chi connectivity index (χ1n) is 24.8. The lowest BCUT2D eigenvalue weighted by Gasteiger charge is -2.15. The van der Waals surface area contributed by atoms with E-state index in [0.717, 1.165) is 12.1 Å². The van der Waals surface area contributed by atoms with E-state index in [4.69, 9.17) is 0 Å². The maximum absolute atomic E-state index is 16.3. The van der Waals surface area contributed by atoms with E-state index < -0.39 is 280 Å². The minimum Gasteiger partial charge on any atom is -0.353 e. The highest BCUT2D eigenvalue weighted by Crippen LogP contribution is 2.45. The van der Waals surface area contributed by atoms with Crippen LogP contribution >= 0.6 is 0 Å². The first-order chi connectivity index (χ1) is 43.4. The van der Waals surface area contributed by atoms with E-state index in [1.165, 1.54) is 0 Å². The number of allylic oxidation sites excluding steroid dienone is 10. The highest BCUT2D eigenvalue weighted by molar-refractivity contribution is 6.39. The molecule has 0 fully saturated rings. The van der Waals surface area contributed by atoms with Gasteiger partial charge in [-0.15, -0.1) is 0 Å². The Bertz CT molecular complexity index is 5040. The maximum Gasteiger partial charge on any atom is 0.256 e. The molecule has 2 amide bonds. The monoisotopic (exact) mass is 1310 g/mol. The summed E-state index contributed by atoms with van der Waals surface area (Å²) in [5, 5.41) is 2.02. The molecule has 3 N–H and O–H groups in total. The largest absolute Gasteiger partial charge is 0.353 e. The Morgan fingerprint density at radius 2 is 0.489 bits per heavy atom. The van der Waals surface area contributed by atoms with Gasteiger partial charge in [0.25, 0.3) is 11.8 Å². The van der Waals surface area contributed by atoms with Crippen LogP contribution in [0.4, 0.5) is 110 Å². The number of halogens is 25. The third-order valence-electron chi connectivity index (χ3n) is 14.4. The van der Waals surface area contributed by atoms with Gasteiger partial charge in [0.15, 0.2) is 116 Å². The summed E-state index contributed by atoms with van der Waals surface area (Å²) in [6, 6.07) is 1.42. The van der Waals surface area contributed by atoms with Gasteiger partial charge in [-0.05, 0) is 60.7 Å². The van der Waals surface area contributed by atoms with E-state index in [0.29, 0.717) is 36.4 Å². The van der Waals surface area contributed by atoms with Gasteiger partial charge in [-0.25, -0.2) is 125 Å². The molecule has 0 saturated heterocycles. The third kappa shape index (κ3) is 8.85. The molecule has 7 heterocycles. The van der Waals surface area contributed by atoms with Gasteiger partial charge in [-0.1, -0.05) is 0 Å². The van der Waals surface area contributed by atoms with Gasteiger partial charge < -0.3 is 15.6 Å². The molecule has 12 rings (SSSR count). The number of aromatic nitrogens is 1. The van der Waals surface area contributed by atoms with Gasteiger partial charge in [0, 0.05) is 33.2 Å². The molecule has 0 unspecified atom stereocenters. The van der Waals surface area contributed by atoms with Crippen LogP contribution in [0.3, 0.4) is 0 Å². The van der Waals surface area contributed by atoms with Gasteiger partial charge in [0.2, 0.25) is 29.1 Å². The lowest BCUT2D eigenvalue weighted by atomic mass is 9.93. The summed E-state index contributed by atoms with van der Waals surface area (Å²) in [6.45, 7) is 0. The zero-order valence-corrected chi connectivity index (χ0v) is 43.4. The first kappa shape index (κ1) is 61.2. The van der Waals surface area contributed by atoms with Crippen LogP contribution in [0.15, 0.2) is 110 Å². The Kier molecular flexibility index (Phi) is 14.4. The van der Waals surface area contributed by atoms with Crippen LogP contribution in [-0.4, -0.2) is 33.9 Å². The van der Waals surface area contributed by atoms with Crippen molar-refractivity contribution < 1.29 is 119 Å². The maximum atomic E-state index is 16.3. The summed E-state index contributed by atoms with van der Waals surface area (Å²) in [5.41, 5.74) is -31.8. The fraction of sp³-hybridized carbons (Fsp3) is 0. The second-order valence-corrected chi connectivity index (χ2v) is 19.4. The molecule has 6 aromatic rings. The van der Waals surface area contributed by atoms with Crippen LogP contribution in [0.2, 0.25) is 0 Å². The number of H-pyrrole nitrogens is 1. The Morgan fingerprint density at radius 3 is 0.837 bits per heavy atom. The van der Waals surface area contributed by atoms with Crippen molar-refractivity contribution in [1.82, 2.24) is 15.6 Å². The van der Waals surface area contributed by atoms with Gasteiger partial charge in [-0.3, -0.25) is 9.59 Å². The number of aliphatic imine (C=N–C) groups is 3. The third-order valence-corrected chi connectivity index (χ3v) is 14.4. The molecule has 1 aromatic heterocycles. The lowest BCUT2D eigenvalue weighted by molar-refractivity contribution is -0.116. The number of carbonyl (C=O) groups is 2. The number of hydrogen-bond acceptors (Lipinski definition) is 5. The topological polar surface area (TPSA) is 111 Å². The molecule has 0 saturated carbocycles. The number of amides is 2. The normalized spacial score (nSPS) is 16.3. The number of benzene rings is 5. The van der Waals surface area contributed by atoms with Gasteiger partial charge >= 0.3 is 0 Å². The molecule has 33 heteroatoms. The zero-order chi connectivity index (χ0) is 66.6. The van der Waals surface area contributed by atoms with Crippen molar-refractivity contribution in [2.75, 3.05) is 0 Å². The number of nitrogens with zero attached hydrogens (tertiary/aromatic N) is 3. The SMILES string of the molecule is O=C1NC2=CC1=C(c1c(F)c(F)c(F)c(F)c1F)C1=NC(=c3ccc([nH]3)=C(c3c(F)c(F)c(F)c(F)c3F)C3=CC(=C(c4c(F)c(F)c(F)c(F)c4F)C4=NC(=C(c5c(F)c(F)c(F)c(F)c5F)C5=NC(=C2c2c(F)c(F)c(F)c(F)c2F)C=C5)C=C4)C(=O)N3)C=C1. The number of fused-ring (bicyclic) bond motifs is 7. The molecule has 5 aromatic carbocycles. The van der Waals surface area contributed by atoms with Crippen molar-refractivity contribution in [2.24, 2.45) is 15.0 Å². The predicted octanol–water partition coefficient (Wildman–Crippen LogP) is 12.6. The molecular formula is C59H13F25N6O2. The minimum absolute atomic E-state index is 0.171. The molecule has 12 bridgehead atoms. The highest BCUT2D eigenvalue weighted by atomic mass is 19.2. The first-order valence-corrected chi connectivity index (χ1v) is 24.8. The lowest BCUT2D eigenvalue weighted by Crippen LogP contribution is -2.25. The molecule has 0 spiro atoms. The molecule has 6 aliphatic rings. The Balaban J connectivity index is 1.31. The van der Waals surface area contributed by atoms with Crippen molar-refractivity contribution in [3.63, 3.8) is 0 Å². The average molecular weight is 1310 g/mol. The fourth-order valence-electron chi connectivity index (χ4n) is 10.3. The second-order valence-electron chi connectivity index (χ2n) is 19.4. The van der Waals surface area contributed by atoms with E-state index in [1.54, 1.807) is 5.32 Å². The second kappa shape index (κ2) is 21.6. The van der Waals surface area contributed by atoms with Crippen LogP contribution in [-0.2, 0) is 9.59 Å². The van der Waals surface area contributed by atoms with E-state index in [2.05, 4.69) is 20.0 Å². The Hall–Kier alpha value is -11.0. The van der Waals surface area contributed by atoms with Crippen LogP contribution in [0.1, 0.15) is 27.8 Å². The summed E-state index contributed by atoms with van der Waals surface area (Å²) in [7, 11) is 0. The molecule has 0 radical (unpaired) electrons. The number of rotatable bonds is 5. The molecule has 8 nitrogen and oxygen atoms in total. The molecule has 466 valence electrons. The fourth-order valence-corrected chi connectivity index (χ4v) is 10.3. The molecular weight excluding hydrogens is 1300 g/mol. The summed E-state index contributed by atoms with van der Waals surface area (Å²) < 4.78 is 389. The van der Waals surface area contributed by atoms with Crippen molar-refractivity contribution in [2.45, 2.75) is 0 Å². The average Bonchev–Trinajstić information content (AvgIpc) is 1.54. The van der Waals surface area contributed by atoms with E-state index in [1.807, 2.05) is 5.32 Å².